The van der Waals surface area contributed by atoms with E-state index in [1.807, 2.05) is 6.92 Å². The van der Waals surface area contributed by atoms with Gasteiger partial charge < -0.3 is 15.7 Å². The Morgan fingerprint density at radius 3 is 2.45 bits per heavy atom. The summed E-state index contributed by atoms with van der Waals surface area (Å²) in [5.74, 6) is -0.112. The molecule has 1 heterocycles. The Kier molecular flexibility index (Phi) is 8.05. The highest BCUT2D eigenvalue weighted by molar-refractivity contribution is 7.93. The molecule has 0 radical (unpaired) electrons. The summed E-state index contributed by atoms with van der Waals surface area (Å²) >= 11 is 1.09. The van der Waals surface area contributed by atoms with Gasteiger partial charge in [-0.2, -0.15) is 13.2 Å². The fraction of sp³-hybridized carbons (Fsp3) is 0.389. The number of aliphatic hydroxyl groups is 1. The molecular weight excluding hydrogens is 427 g/mol. The van der Waals surface area contributed by atoms with Gasteiger partial charge in [-0.15, -0.1) is 11.3 Å². The maximum absolute atomic E-state index is 12.6. The van der Waals surface area contributed by atoms with Crippen molar-refractivity contribution < 1.29 is 26.7 Å². The topological polar surface area (TPSA) is 90.8 Å². The molecule has 0 bridgehead atoms. The zero-order valence-electron chi connectivity index (χ0n) is 15.6. The summed E-state index contributed by atoms with van der Waals surface area (Å²) in [4.78, 5) is 4.25. The first-order valence-electron chi connectivity index (χ1n) is 8.74. The molecule has 1 aromatic carbocycles. The van der Waals surface area contributed by atoms with Gasteiger partial charge in [0.25, 0.3) is 0 Å². The molecule has 0 aliphatic heterocycles. The third-order valence-corrected chi connectivity index (χ3v) is 7.05. The van der Waals surface area contributed by atoms with Crippen molar-refractivity contribution >= 4 is 27.1 Å². The lowest BCUT2D eigenvalue weighted by Gasteiger charge is -2.15. The first kappa shape index (κ1) is 23.2. The van der Waals surface area contributed by atoms with Crippen molar-refractivity contribution in [3.05, 3.63) is 52.9 Å². The predicted molar refractivity (Wildman–Crippen MR) is 107 cm³/mol. The molecule has 2 aromatic rings. The van der Waals surface area contributed by atoms with Crippen molar-refractivity contribution in [2.75, 3.05) is 18.8 Å². The number of guanidine groups is 1. The van der Waals surface area contributed by atoms with Gasteiger partial charge >= 0.3 is 6.18 Å². The van der Waals surface area contributed by atoms with E-state index in [4.69, 9.17) is 0 Å². The standard InChI is InChI=1S/C18H22F3N3O3S2/c1-2-22-17(23-10-13-5-7-14(8-6-13)18(19,20)21)24-11-15(25)12-29(26,27)16-4-3-9-28-16/h3-9,15,25H,2,10-12H2,1H3,(H2,22,23,24). The minimum Gasteiger partial charge on any atom is -0.390 e. The van der Waals surface area contributed by atoms with Crippen LogP contribution in [0.5, 0.6) is 0 Å². The summed E-state index contributed by atoms with van der Waals surface area (Å²) in [6.45, 7) is 2.41. The van der Waals surface area contributed by atoms with Crippen LogP contribution in [-0.4, -0.2) is 44.4 Å². The van der Waals surface area contributed by atoms with E-state index in [1.54, 1.807) is 11.4 Å². The first-order valence-corrected chi connectivity index (χ1v) is 11.3. The number of aliphatic hydroxyl groups excluding tert-OH is 1. The van der Waals surface area contributed by atoms with E-state index in [-0.39, 0.29) is 17.3 Å². The molecule has 160 valence electrons. The SMILES string of the molecule is CCNC(=NCc1ccc(C(F)(F)F)cc1)NCC(O)CS(=O)(=O)c1cccs1. The van der Waals surface area contributed by atoms with Crippen molar-refractivity contribution in [1.82, 2.24) is 10.6 Å². The number of sulfone groups is 1. The van der Waals surface area contributed by atoms with Crippen molar-refractivity contribution in [2.24, 2.45) is 4.99 Å². The van der Waals surface area contributed by atoms with Gasteiger partial charge in [0, 0.05) is 13.1 Å². The number of hydrogen-bond donors (Lipinski definition) is 3. The average molecular weight is 450 g/mol. The summed E-state index contributed by atoms with van der Waals surface area (Å²) in [6.07, 6.45) is -5.55. The molecule has 3 N–H and O–H groups in total. The molecule has 0 saturated carbocycles. The van der Waals surface area contributed by atoms with Gasteiger partial charge in [-0.25, -0.2) is 13.4 Å². The zero-order valence-corrected chi connectivity index (χ0v) is 17.2. The summed E-state index contributed by atoms with van der Waals surface area (Å²) in [5, 5.41) is 17.5. The summed E-state index contributed by atoms with van der Waals surface area (Å²) in [6, 6.07) is 7.78. The second kappa shape index (κ2) is 10.1. The van der Waals surface area contributed by atoms with Crippen molar-refractivity contribution in [3.8, 4) is 0 Å². The molecule has 1 atom stereocenters. The molecule has 1 unspecified atom stereocenters. The average Bonchev–Trinajstić information content (AvgIpc) is 3.19. The van der Waals surface area contributed by atoms with E-state index in [9.17, 15) is 26.7 Å². The van der Waals surface area contributed by atoms with Crippen LogP contribution in [0.2, 0.25) is 0 Å². The van der Waals surface area contributed by atoms with E-state index in [0.29, 0.717) is 18.1 Å². The van der Waals surface area contributed by atoms with E-state index < -0.39 is 33.4 Å². The van der Waals surface area contributed by atoms with Crippen LogP contribution in [0.1, 0.15) is 18.1 Å². The highest BCUT2D eigenvalue weighted by Gasteiger charge is 2.29. The Bertz CT molecular complexity index is 897. The van der Waals surface area contributed by atoms with Crippen LogP contribution in [0.4, 0.5) is 13.2 Å². The Hall–Kier alpha value is -2.11. The molecule has 6 nitrogen and oxygen atoms in total. The van der Waals surface area contributed by atoms with Gasteiger partial charge in [-0.3, -0.25) is 0 Å². The Morgan fingerprint density at radius 2 is 1.90 bits per heavy atom. The van der Waals surface area contributed by atoms with E-state index >= 15 is 0 Å². The number of benzene rings is 1. The molecule has 0 aliphatic rings. The fourth-order valence-electron chi connectivity index (χ4n) is 2.36. The number of rotatable bonds is 8. The molecule has 0 saturated heterocycles. The molecule has 0 fully saturated rings. The van der Waals surface area contributed by atoms with Gasteiger partial charge in [-0.1, -0.05) is 18.2 Å². The lowest BCUT2D eigenvalue weighted by Crippen LogP contribution is -2.42. The van der Waals surface area contributed by atoms with Crippen molar-refractivity contribution in [2.45, 2.75) is 30.0 Å². The number of alkyl halides is 3. The summed E-state index contributed by atoms with van der Waals surface area (Å²) in [5.41, 5.74) is -0.152. The maximum Gasteiger partial charge on any atom is 0.416 e. The normalized spacial score (nSPS) is 13.9. The predicted octanol–water partition coefficient (Wildman–Crippen LogP) is 2.66. The Labute approximate surface area is 171 Å². The third-order valence-electron chi connectivity index (χ3n) is 3.76. The highest BCUT2D eigenvalue weighted by Crippen LogP contribution is 2.29. The molecule has 1 aromatic heterocycles. The van der Waals surface area contributed by atoms with Gasteiger partial charge in [0.2, 0.25) is 0 Å². The van der Waals surface area contributed by atoms with Crippen LogP contribution >= 0.6 is 11.3 Å². The van der Waals surface area contributed by atoms with Crippen LogP contribution in [0.25, 0.3) is 0 Å². The number of hydrogen-bond acceptors (Lipinski definition) is 5. The highest BCUT2D eigenvalue weighted by atomic mass is 32.2. The van der Waals surface area contributed by atoms with Crippen LogP contribution in [0, 0.1) is 0 Å². The number of thiophene rings is 1. The van der Waals surface area contributed by atoms with Gasteiger partial charge in [0.15, 0.2) is 15.8 Å². The van der Waals surface area contributed by atoms with E-state index in [2.05, 4.69) is 15.6 Å². The second-order valence-electron chi connectivity index (χ2n) is 6.14. The molecule has 0 aliphatic carbocycles. The van der Waals surface area contributed by atoms with E-state index in [0.717, 1.165) is 23.5 Å². The van der Waals surface area contributed by atoms with Gasteiger partial charge in [0.05, 0.1) is 24.0 Å². The lowest BCUT2D eigenvalue weighted by molar-refractivity contribution is -0.137. The monoisotopic (exact) mass is 449 g/mol. The number of aliphatic imine (C=N–C) groups is 1. The van der Waals surface area contributed by atoms with Crippen LogP contribution in [-0.2, 0) is 22.6 Å². The molecule has 29 heavy (non-hydrogen) atoms. The van der Waals surface area contributed by atoms with Crippen molar-refractivity contribution in [3.63, 3.8) is 0 Å². The second-order valence-corrected chi connectivity index (χ2v) is 9.35. The minimum absolute atomic E-state index is 0.0521. The van der Waals surface area contributed by atoms with Crippen LogP contribution in [0.3, 0.4) is 0 Å². The number of nitrogens with one attached hydrogen (secondary N) is 2. The Balaban J connectivity index is 1.93. The summed E-state index contributed by atoms with van der Waals surface area (Å²) < 4.78 is 62.4. The lowest BCUT2D eigenvalue weighted by atomic mass is 10.1. The quantitative estimate of drug-likeness (QED) is 0.426. The zero-order chi connectivity index (χ0) is 21.5. The molecule has 0 spiro atoms. The van der Waals surface area contributed by atoms with Crippen LogP contribution < -0.4 is 10.6 Å². The number of nitrogens with zero attached hydrogens (tertiary/aromatic N) is 1. The van der Waals surface area contributed by atoms with Gasteiger partial charge in [-0.05, 0) is 36.1 Å². The third kappa shape index (κ3) is 7.33. The minimum atomic E-state index is -4.39. The van der Waals surface area contributed by atoms with Crippen molar-refractivity contribution in [1.29, 1.82) is 0 Å². The number of halogens is 3. The summed E-state index contributed by atoms with van der Waals surface area (Å²) in [7, 11) is -3.57. The smallest absolute Gasteiger partial charge is 0.390 e. The fourth-order valence-corrected chi connectivity index (χ4v) is 4.84. The molecule has 0 amide bonds. The molecule has 2 rings (SSSR count). The molecular formula is C18H22F3N3O3S2. The Morgan fingerprint density at radius 1 is 1.21 bits per heavy atom. The maximum atomic E-state index is 12.6. The van der Waals surface area contributed by atoms with Gasteiger partial charge in [0.1, 0.15) is 4.21 Å². The van der Waals surface area contributed by atoms with Crippen LogP contribution in [0.15, 0.2) is 51.0 Å². The molecule has 11 heteroatoms. The largest absolute Gasteiger partial charge is 0.416 e. The first-order chi connectivity index (χ1) is 13.6. The van der Waals surface area contributed by atoms with E-state index in [1.165, 1.54) is 18.2 Å².